The molecule has 1 N–H and O–H groups in total. The summed E-state index contributed by atoms with van der Waals surface area (Å²) in [6.07, 6.45) is 0.837. The molecule has 0 aliphatic rings. The van der Waals surface area contributed by atoms with Gasteiger partial charge in [0.2, 0.25) is 0 Å². The Balaban J connectivity index is 2.41. The van der Waals surface area contributed by atoms with E-state index in [4.69, 9.17) is 0 Å². The monoisotopic (exact) mass is 291 g/mol. The van der Waals surface area contributed by atoms with E-state index in [1.807, 2.05) is 44.2 Å². The second-order valence-electron chi connectivity index (χ2n) is 4.63. The molecule has 3 nitrogen and oxygen atoms in total. The van der Waals surface area contributed by atoms with Crippen LogP contribution in [0.2, 0.25) is 0 Å². The summed E-state index contributed by atoms with van der Waals surface area (Å²) in [5.74, 6) is -1.12. The van der Waals surface area contributed by atoms with Gasteiger partial charge in [0.25, 0.3) is 0 Å². The molecule has 0 amide bonds. The average Bonchev–Trinajstić information content (AvgIpc) is 2.50. The number of para-hydroxylation sites is 1. The lowest BCUT2D eigenvalue weighted by Gasteiger charge is -2.23. The summed E-state index contributed by atoms with van der Waals surface area (Å²) in [6, 6.07) is 10.2. The van der Waals surface area contributed by atoms with Crippen LogP contribution in [-0.4, -0.2) is 18.1 Å². The van der Waals surface area contributed by atoms with Crippen LogP contribution in [0.3, 0.4) is 0 Å². The van der Waals surface area contributed by atoms with E-state index in [-0.39, 0.29) is 11.6 Å². The van der Waals surface area contributed by atoms with Gasteiger partial charge in [-0.05, 0) is 25.5 Å². The summed E-state index contributed by atoms with van der Waals surface area (Å²) in [5.41, 5.74) is 0.819. The van der Waals surface area contributed by atoms with Gasteiger partial charge in [0.15, 0.2) is 23.3 Å². The molecule has 0 saturated carbocycles. The van der Waals surface area contributed by atoms with E-state index < -0.39 is 11.6 Å². The fraction of sp³-hybridized carbons (Fsp3) is 0.312. The number of aromatic nitrogens is 1. The van der Waals surface area contributed by atoms with E-state index in [0.717, 1.165) is 18.2 Å². The molecule has 0 atom stereocenters. The minimum atomic E-state index is -0.672. The van der Waals surface area contributed by atoms with Crippen molar-refractivity contribution in [1.82, 2.24) is 4.98 Å². The predicted molar refractivity (Wildman–Crippen MR) is 82.1 cm³/mol. The van der Waals surface area contributed by atoms with E-state index in [0.29, 0.717) is 13.1 Å². The number of halogens is 2. The third kappa shape index (κ3) is 3.48. The Labute approximate surface area is 123 Å². The minimum Gasteiger partial charge on any atom is -0.368 e. The Kier molecular flexibility index (Phi) is 5.09. The molecule has 2 rings (SSSR count). The number of hydrogen-bond acceptors (Lipinski definition) is 3. The Morgan fingerprint density at radius 3 is 2.43 bits per heavy atom. The van der Waals surface area contributed by atoms with Gasteiger partial charge in [0.05, 0.1) is 0 Å². The van der Waals surface area contributed by atoms with Crippen LogP contribution in [0.4, 0.5) is 26.1 Å². The molecule has 2 aromatic rings. The van der Waals surface area contributed by atoms with Crippen molar-refractivity contribution in [1.29, 1.82) is 0 Å². The number of rotatable bonds is 6. The molecular weight excluding hydrogens is 272 g/mol. The zero-order valence-corrected chi connectivity index (χ0v) is 12.2. The largest absolute Gasteiger partial charge is 0.368 e. The summed E-state index contributed by atoms with van der Waals surface area (Å²) < 4.78 is 27.8. The van der Waals surface area contributed by atoms with Gasteiger partial charge >= 0.3 is 0 Å². The van der Waals surface area contributed by atoms with Crippen molar-refractivity contribution >= 4 is 17.3 Å². The zero-order valence-electron chi connectivity index (χ0n) is 12.2. The zero-order chi connectivity index (χ0) is 15.2. The fourth-order valence-electron chi connectivity index (χ4n) is 2.08. The van der Waals surface area contributed by atoms with Crippen molar-refractivity contribution in [2.75, 3.05) is 23.3 Å². The first-order valence-corrected chi connectivity index (χ1v) is 7.09. The van der Waals surface area contributed by atoms with E-state index in [1.165, 1.54) is 0 Å². The molecular formula is C16H19F2N3. The predicted octanol–water partition coefficient (Wildman–Crippen LogP) is 4.34. The van der Waals surface area contributed by atoms with Crippen molar-refractivity contribution in [2.45, 2.75) is 20.3 Å². The van der Waals surface area contributed by atoms with Gasteiger partial charge in [-0.3, -0.25) is 0 Å². The average molecular weight is 291 g/mol. The van der Waals surface area contributed by atoms with Gasteiger partial charge in [0, 0.05) is 24.8 Å². The van der Waals surface area contributed by atoms with Crippen LogP contribution >= 0.6 is 0 Å². The van der Waals surface area contributed by atoms with Crippen molar-refractivity contribution in [3.05, 3.63) is 48.0 Å². The number of nitrogens with zero attached hydrogens (tertiary/aromatic N) is 2. The number of pyridine rings is 1. The molecule has 112 valence electrons. The van der Waals surface area contributed by atoms with E-state index in [9.17, 15) is 8.78 Å². The molecule has 0 radical (unpaired) electrons. The van der Waals surface area contributed by atoms with Gasteiger partial charge < -0.3 is 10.2 Å². The second-order valence-corrected chi connectivity index (χ2v) is 4.63. The molecule has 1 heterocycles. The highest BCUT2D eigenvalue weighted by Crippen LogP contribution is 2.28. The molecule has 0 saturated heterocycles. The summed E-state index contributed by atoms with van der Waals surface area (Å²) in [4.78, 5) is 5.84. The maximum Gasteiger partial charge on any atom is 0.171 e. The molecule has 0 bridgehead atoms. The molecule has 0 unspecified atom stereocenters. The van der Waals surface area contributed by atoms with Crippen molar-refractivity contribution in [3.63, 3.8) is 0 Å². The maximum absolute atomic E-state index is 14.1. The van der Waals surface area contributed by atoms with E-state index >= 15 is 0 Å². The fourth-order valence-corrected chi connectivity index (χ4v) is 2.08. The first kappa shape index (κ1) is 15.2. The van der Waals surface area contributed by atoms with Crippen LogP contribution in [0.5, 0.6) is 0 Å². The highest BCUT2D eigenvalue weighted by Gasteiger charge is 2.17. The Hall–Kier alpha value is -2.17. The lowest BCUT2D eigenvalue weighted by Crippen LogP contribution is -2.20. The molecule has 21 heavy (non-hydrogen) atoms. The van der Waals surface area contributed by atoms with Gasteiger partial charge in [-0.2, -0.15) is 0 Å². The van der Waals surface area contributed by atoms with Crippen LogP contribution in [0.15, 0.2) is 36.4 Å². The second kappa shape index (κ2) is 7.02. The number of anilines is 3. The lowest BCUT2D eigenvalue weighted by molar-refractivity contribution is 0.574. The SMILES string of the molecule is CCCNc1nc(N(CC)c2ccccc2)c(F)cc1F. The van der Waals surface area contributed by atoms with Crippen molar-refractivity contribution in [2.24, 2.45) is 0 Å². The van der Waals surface area contributed by atoms with Gasteiger partial charge in [-0.25, -0.2) is 13.8 Å². The van der Waals surface area contributed by atoms with Crippen LogP contribution in [-0.2, 0) is 0 Å². The first-order valence-electron chi connectivity index (χ1n) is 7.09. The highest BCUT2D eigenvalue weighted by molar-refractivity contribution is 5.62. The van der Waals surface area contributed by atoms with E-state index in [2.05, 4.69) is 10.3 Å². The quantitative estimate of drug-likeness (QED) is 0.858. The van der Waals surface area contributed by atoms with Crippen LogP contribution in [0.1, 0.15) is 20.3 Å². The molecule has 5 heteroatoms. The van der Waals surface area contributed by atoms with Gasteiger partial charge in [0.1, 0.15) is 0 Å². The highest BCUT2D eigenvalue weighted by atomic mass is 19.1. The smallest absolute Gasteiger partial charge is 0.171 e. The summed E-state index contributed by atoms with van der Waals surface area (Å²) in [5, 5.41) is 2.88. The molecule has 1 aromatic carbocycles. The normalized spacial score (nSPS) is 10.5. The van der Waals surface area contributed by atoms with Crippen LogP contribution in [0.25, 0.3) is 0 Å². The topological polar surface area (TPSA) is 28.2 Å². The maximum atomic E-state index is 14.1. The van der Waals surface area contributed by atoms with Gasteiger partial charge in [-0.15, -0.1) is 0 Å². The van der Waals surface area contributed by atoms with Crippen molar-refractivity contribution < 1.29 is 8.78 Å². The molecule has 1 aromatic heterocycles. The number of nitrogens with one attached hydrogen (secondary N) is 1. The molecule has 0 aliphatic carbocycles. The number of benzene rings is 1. The Morgan fingerprint density at radius 2 is 1.81 bits per heavy atom. The standard InChI is InChI=1S/C16H19F2N3/c1-3-10-19-15-13(17)11-14(18)16(20-15)21(4-2)12-8-6-5-7-9-12/h5-9,11H,3-4,10H2,1-2H3,(H,19,20). The Morgan fingerprint density at radius 1 is 1.10 bits per heavy atom. The van der Waals surface area contributed by atoms with Crippen LogP contribution in [0, 0.1) is 11.6 Å². The Bertz CT molecular complexity index is 588. The molecule has 0 aliphatic heterocycles. The summed E-state index contributed by atoms with van der Waals surface area (Å²) in [6.45, 7) is 4.99. The third-order valence-corrected chi connectivity index (χ3v) is 3.09. The summed E-state index contributed by atoms with van der Waals surface area (Å²) in [7, 11) is 0. The van der Waals surface area contributed by atoms with Crippen LogP contribution < -0.4 is 10.2 Å². The number of hydrogen-bond donors (Lipinski definition) is 1. The first-order chi connectivity index (χ1) is 10.2. The molecule has 0 spiro atoms. The lowest BCUT2D eigenvalue weighted by atomic mass is 10.2. The minimum absolute atomic E-state index is 0.0858. The third-order valence-electron chi connectivity index (χ3n) is 3.09. The van der Waals surface area contributed by atoms with Crippen molar-refractivity contribution in [3.8, 4) is 0 Å². The van der Waals surface area contributed by atoms with Gasteiger partial charge in [-0.1, -0.05) is 25.1 Å². The summed E-state index contributed by atoms with van der Waals surface area (Å²) >= 11 is 0. The molecule has 0 fully saturated rings. The van der Waals surface area contributed by atoms with E-state index in [1.54, 1.807) is 4.90 Å².